The second kappa shape index (κ2) is 72.6. The third-order valence-electron chi connectivity index (χ3n) is 19.0. The van der Waals surface area contributed by atoms with Gasteiger partial charge in [-0.1, -0.05) is 375 Å². The highest BCUT2D eigenvalue weighted by Gasteiger charge is 2.30. The smallest absolute Gasteiger partial charge is 0.462 e. The van der Waals surface area contributed by atoms with Crippen LogP contribution in [0.5, 0.6) is 0 Å². The molecule has 0 spiro atoms. The van der Waals surface area contributed by atoms with Crippen molar-refractivity contribution in [2.75, 3.05) is 39.6 Å². The number of aliphatic hydroxyl groups is 1. The average Bonchev–Trinajstić information content (AvgIpc) is 1.02. The number of phosphoric ester groups is 2. The van der Waals surface area contributed by atoms with E-state index in [1.54, 1.807) is 0 Å². The van der Waals surface area contributed by atoms with Crippen molar-refractivity contribution in [3.8, 4) is 0 Å². The van der Waals surface area contributed by atoms with Crippen molar-refractivity contribution in [3.05, 3.63) is 0 Å². The maximum atomic E-state index is 13.1. The van der Waals surface area contributed by atoms with Crippen molar-refractivity contribution in [1.29, 1.82) is 0 Å². The van der Waals surface area contributed by atoms with E-state index >= 15 is 0 Å². The quantitative estimate of drug-likeness (QED) is 0.0222. The largest absolute Gasteiger partial charge is 0.472 e. The molecule has 0 aliphatic heterocycles. The van der Waals surface area contributed by atoms with Gasteiger partial charge < -0.3 is 33.8 Å². The van der Waals surface area contributed by atoms with E-state index in [0.717, 1.165) is 102 Å². The number of unbranched alkanes of at least 4 members (excludes halogenated alkanes) is 50. The van der Waals surface area contributed by atoms with Crippen LogP contribution in [0.2, 0.25) is 0 Å². The van der Waals surface area contributed by atoms with Gasteiger partial charge in [0.25, 0.3) is 0 Å². The Morgan fingerprint density at radius 1 is 0.270 bits per heavy atom. The first-order valence-corrected chi connectivity index (χ1v) is 45.0. The van der Waals surface area contributed by atoms with Gasteiger partial charge in [-0.25, -0.2) is 9.13 Å². The second-order valence-corrected chi connectivity index (χ2v) is 33.0. The van der Waals surface area contributed by atoms with Crippen LogP contribution >= 0.6 is 15.6 Å². The summed E-state index contributed by atoms with van der Waals surface area (Å²) in [4.78, 5) is 72.9. The maximum Gasteiger partial charge on any atom is 0.472 e. The molecule has 2 unspecified atom stereocenters. The molecule has 19 heteroatoms. The van der Waals surface area contributed by atoms with Crippen LogP contribution in [-0.2, 0) is 65.4 Å². The van der Waals surface area contributed by atoms with Crippen molar-refractivity contribution < 1.29 is 80.2 Å². The lowest BCUT2D eigenvalue weighted by Crippen LogP contribution is -2.30. The summed E-state index contributed by atoms with van der Waals surface area (Å²) in [6.07, 6.45) is 62.6. The number of aliphatic hydroxyl groups excluding tert-OH is 1. The van der Waals surface area contributed by atoms with E-state index in [-0.39, 0.29) is 25.7 Å². The molecule has 0 heterocycles. The van der Waals surface area contributed by atoms with E-state index in [9.17, 15) is 43.2 Å². The van der Waals surface area contributed by atoms with Gasteiger partial charge in [-0.05, 0) is 37.5 Å². The van der Waals surface area contributed by atoms with E-state index in [1.165, 1.54) is 244 Å². The van der Waals surface area contributed by atoms with Gasteiger partial charge in [0.2, 0.25) is 0 Å². The molecule has 3 N–H and O–H groups in total. The summed E-state index contributed by atoms with van der Waals surface area (Å²) in [6, 6.07) is 0. The molecule has 0 radical (unpaired) electrons. The summed E-state index contributed by atoms with van der Waals surface area (Å²) in [5.41, 5.74) is 0. The van der Waals surface area contributed by atoms with Crippen LogP contribution in [0.15, 0.2) is 0 Å². The first kappa shape index (κ1) is 98.1. The third kappa shape index (κ3) is 74.3. The van der Waals surface area contributed by atoms with Crippen molar-refractivity contribution in [1.82, 2.24) is 0 Å². The molecule has 0 rings (SSSR count). The summed E-state index contributed by atoms with van der Waals surface area (Å²) in [5, 5.41) is 10.6. The van der Waals surface area contributed by atoms with E-state index in [1.807, 2.05) is 0 Å². The predicted octanol–water partition coefficient (Wildman–Crippen LogP) is 24.3. The van der Waals surface area contributed by atoms with Crippen molar-refractivity contribution in [3.63, 3.8) is 0 Å². The molecule has 17 nitrogen and oxygen atoms in total. The van der Waals surface area contributed by atoms with Crippen molar-refractivity contribution >= 4 is 39.5 Å². The molecule has 0 aromatic heterocycles. The van der Waals surface area contributed by atoms with Crippen LogP contribution in [0.1, 0.15) is 427 Å². The van der Waals surface area contributed by atoms with Crippen LogP contribution in [-0.4, -0.2) is 96.7 Å². The molecule has 0 amide bonds. The van der Waals surface area contributed by atoms with Gasteiger partial charge in [0, 0.05) is 25.7 Å². The molecular weight excluding hydrogens is 1310 g/mol. The Bertz CT molecular complexity index is 1920. The Balaban J connectivity index is 5.20. The highest BCUT2D eigenvalue weighted by molar-refractivity contribution is 7.47. The Hall–Kier alpha value is -1.94. The van der Waals surface area contributed by atoms with Gasteiger partial charge in [-0.2, -0.15) is 0 Å². The monoisotopic (exact) mass is 1470 g/mol. The normalized spacial score (nSPS) is 13.9. The fraction of sp³-hybridized carbons (Fsp3) is 0.951. The lowest BCUT2D eigenvalue weighted by molar-refractivity contribution is -0.161. The van der Waals surface area contributed by atoms with E-state index < -0.39 is 97.5 Å². The summed E-state index contributed by atoms with van der Waals surface area (Å²) >= 11 is 0. The zero-order chi connectivity index (χ0) is 73.5. The number of hydrogen-bond donors (Lipinski definition) is 3. The number of ether oxygens (including phenoxy) is 4. The Kier molecular flexibility index (Phi) is 71.2. The molecule has 0 bridgehead atoms. The number of phosphoric acid groups is 2. The summed E-state index contributed by atoms with van der Waals surface area (Å²) in [6.45, 7) is 9.62. The van der Waals surface area contributed by atoms with Gasteiger partial charge in [-0.15, -0.1) is 0 Å². The van der Waals surface area contributed by atoms with Crippen LogP contribution in [0, 0.1) is 11.8 Å². The van der Waals surface area contributed by atoms with Crippen molar-refractivity contribution in [2.45, 2.75) is 445 Å². The first-order chi connectivity index (χ1) is 48.4. The summed E-state index contributed by atoms with van der Waals surface area (Å²) in [5.74, 6) is -0.572. The Morgan fingerprint density at radius 3 is 0.680 bits per heavy atom. The van der Waals surface area contributed by atoms with Gasteiger partial charge in [0.05, 0.1) is 26.4 Å². The van der Waals surface area contributed by atoms with Crippen LogP contribution in [0.25, 0.3) is 0 Å². The molecule has 0 aliphatic rings. The topological polar surface area (TPSA) is 237 Å². The fourth-order valence-corrected chi connectivity index (χ4v) is 14.1. The Labute approximate surface area is 613 Å². The van der Waals surface area contributed by atoms with Gasteiger partial charge in [0.1, 0.15) is 19.3 Å². The van der Waals surface area contributed by atoms with Gasteiger partial charge >= 0.3 is 39.5 Å². The lowest BCUT2D eigenvalue weighted by Gasteiger charge is -2.21. The predicted molar refractivity (Wildman–Crippen MR) is 409 cm³/mol. The van der Waals surface area contributed by atoms with E-state index in [4.69, 9.17) is 37.0 Å². The fourth-order valence-electron chi connectivity index (χ4n) is 12.5. The van der Waals surface area contributed by atoms with Crippen LogP contribution in [0.3, 0.4) is 0 Å². The van der Waals surface area contributed by atoms with Gasteiger partial charge in [0.15, 0.2) is 12.2 Å². The van der Waals surface area contributed by atoms with E-state index in [2.05, 4.69) is 41.5 Å². The van der Waals surface area contributed by atoms with Crippen LogP contribution in [0.4, 0.5) is 0 Å². The first-order valence-electron chi connectivity index (χ1n) is 42.0. The highest BCUT2D eigenvalue weighted by Crippen LogP contribution is 2.45. The number of esters is 4. The number of hydrogen-bond acceptors (Lipinski definition) is 15. The highest BCUT2D eigenvalue weighted by atomic mass is 31.2. The minimum atomic E-state index is -4.96. The lowest BCUT2D eigenvalue weighted by atomic mass is 10.0. The Morgan fingerprint density at radius 2 is 0.460 bits per heavy atom. The zero-order valence-electron chi connectivity index (χ0n) is 65.5. The molecule has 0 aromatic carbocycles. The molecule has 100 heavy (non-hydrogen) atoms. The molecule has 0 aromatic rings. The zero-order valence-corrected chi connectivity index (χ0v) is 67.3. The average molecular weight is 1470 g/mol. The number of rotatable bonds is 80. The molecule has 594 valence electrons. The molecule has 0 saturated carbocycles. The van der Waals surface area contributed by atoms with Crippen molar-refractivity contribution in [2.24, 2.45) is 11.8 Å². The van der Waals surface area contributed by atoms with Gasteiger partial charge in [-0.3, -0.25) is 37.3 Å². The molecular formula is C81H158O17P2. The summed E-state index contributed by atoms with van der Waals surface area (Å²) in [7, 11) is -9.92. The number of carbonyl (C=O) groups excluding carboxylic acids is 4. The second-order valence-electron chi connectivity index (χ2n) is 30.1. The maximum absolute atomic E-state index is 13.1. The summed E-state index contributed by atoms with van der Waals surface area (Å²) < 4.78 is 68.6. The molecule has 0 saturated heterocycles. The van der Waals surface area contributed by atoms with E-state index in [0.29, 0.717) is 25.7 Å². The number of carbonyl (C=O) groups is 4. The molecule has 0 aliphatic carbocycles. The molecule has 5 atom stereocenters. The molecule has 0 fully saturated rings. The third-order valence-corrected chi connectivity index (χ3v) is 20.9. The standard InChI is InChI=1S/C81H158O17P2/c1-7-9-11-13-15-17-19-20-21-22-26-29-32-35-39-46-52-58-64-79(84)92-69-76(97-80(85)65-59-53-47-40-36-33-30-27-24-23-25-28-31-34-37-43-49-55-61-73(3)4)71-95-99(87,88)93-67-75(82)68-94-100(89,90)96-72-77(70-91-78(83)63-57-51-45-38-18-16-14-12-10-8-2)98-81(86)66-60-54-48-42-41-44-50-56-62-74(5)6/h73-77,82H,7-72H2,1-6H3,(H,87,88)(H,89,90)/t75-,76-,77-/m1/s1. The minimum Gasteiger partial charge on any atom is -0.462 e. The SMILES string of the molecule is CCCCCCCCCCCCCCCCCCCCC(=O)OC[C@H](COP(=O)(O)OC[C@@H](O)COP(=O)(O)OC[C@@H](COC(=O)CCCCCCCCCCCC)OC(=O)CCCCCCCCCCC(C)C)OC(=O)CCCCCCCCCCCCCCCCCCCCC(C)C. The minimum absolute atomic E-state index is 0.105. The van der Waals surface area contributed by atoms with Crippen LogP contribution < -0.4 is 0 Å².